The van der Waals surface area contributed by atoms with Gasteiger partial charge in [0.2, 0.25) is 17.7 Å². The summed E-state index contributed by atoms with van der Waals surface area (Å²) in [5, 5.41) is 8.65. The van der Waals surface area contributed by atoms with Crippen molar-refractivity contribution in [1.29, 1.82) is 0 Å². The molecule has 0 aliphatic carbocycles. The molecule has 3 atom stereocenters. The van der Waals surface area contributed by atoms with Gasteiger partial charge in [0.05, 0.1) is 18.8 Å². The number of aromatic nitrogens is 2. The lowest BCUT2D eigenvalue weighted by molar-refractivity contribution is -0.139. The van der Waals surface area contributed by atoms with E-state index in [2.05, 4.69) is 25.9 Å². The first-order valence-corrected chi connectivity index (χ1v) is 11.4. The Balaban J connectivity index is 1.52. The van der Waals surface area contributed by atoms with E-state index in [1.807, 2.05) is 0 Å². The molecule has 0 radical (unpaired) electrons. The maximum Gasteiger partial charge on any atom is 0.274 e. The zero-order valence-corrected chi connectivity index (χ0v) is 17.8. The maximum atomic E-state index is 13.2. The van der Waals surface area contributed by atoms with Crippen molar-refractivity contribution in [2.75, 3.05) is 37.8 Å². The summed E-state index contributed by atoms with van der Waals surface area (Å²) in [5.74, 6) is 0.194. The van der Waals surface area contributed by atoms with Crippen molar-refractivity contribution in [2.45, 2.75) is 31.0 Å². The van der Waals surface area contributed by atoms with Gasteiger partial charge in [-0.25, -0.2) is 4.98 Å². The number of thioether (sulfide) groups is 1. The number of piperazine rings is 1. The van der Waals surface area contributed by atoms with Crippen LogP contribution in [-0.2, 0) is 14.4 Å². The standard InChI is InChI=1S/C19H25N7O4S/c27-16-12(2-1-3-22-16)24-17(28)15-9-25(18(29)14-10-31-11-23-14)6-7-26(15)19(30)13-8-20-4-5-21-13/h4-5,8,12,14-15,23H,1-3,6-7,9-11H2,(H,22,27)(H,24,28). The Labute approximate surface area is 183 Å². The van der Waals surface area contributed by atoms with Gasteiger partial charge in [-0.1, -0.05) is 0 Å². The summed E-state index contributed by atoms with van der Waals surface area (Å²) in [4.78, 5) is 62.2. The van der Waals surface area contributed by atoms with Crippen LogP contribution in [0.3, 0.4) is 0 Å². The molecule has 0 aromatic carbocycles. The Morgan fingerprint density at radius 1 is 1.23 bits per heavy atom. The number of amides is 4. The molecular weight excluding hydrogens is 422 g/mol. The lowest BCUT2D eigenvalue weighted by atomic mass is 10.0. The van der Waals surface area contributed by atoms with Crippen molar-refractivity contribution < 1.29 is 19.2 Å². The van der Waals surface area contributed by atoms with E-state index in [1.54, 1.807) is 16.7 Å². The average molecular weight is 448 g/mol. The van der Waals surface area contributed by atoms with E-state index in [4.69, 9.17) is 0 Å². The summed E-state index contributed by atoms with van der Waals surface area (Å²) in [6.45, 7) is 1.16. The van der Waals surface area contributed by atoms with Crippen LogP contribution in [0.2, 0.25) is 0 Å². The number of nitrogens with zero attached hydrogens (tertiary/aromatic N) is 4. The molecule has 0 spiro atoms. The molecule has 4 heterocycles. The Morgan fingerprint density at radius 2 is 2.10 bits per heavy atom. The molecule has 3 saturated heterocycles. The summed E-state index contributed by atoms with van der Waals surface area (Å²) in [6.07, 6.45) is 5.53. The van der Waals surface area contributed by atoms with E-state index >= 15 is 0 Å². The first-order valence-electron chi connectivity index (χ1n) is 10.3. The van der Waals surface area contributed by atoms with Gasteiger partial charge in [-0.3, -0.25) is 29.5 Å². The van der Waals surface area contributed by atoms with Crippen LogP contribution in [0.5, 0.6) is 0 Å². The Kier molecular flexibility index (Phi) is 6.66. The number of carbonyl (C=O) groups is 4. The van der Waals surface area contributed by atoms with E-state index in [0.29, 0.717) is 31.1 Å². The summed E-state index contributed by atoms with van der Waals surface area (Å²) >= 11 is 1.65. The van der Waals surface area contributed by atoms with Gasteiger partial charge >= 0.3 is 0 Å². The third kappa shape index (κ3) is 4.79. The molecule has 3 aliphatic heterocycles. The van der Waals surface area contributed by atoms with Gasteiger partial charge in [-0.2, -0.15) is 0 Å². The average Bonchev–Trinajstić information content (AvgIpc) is 3.35. The molecule has 4 amide bonds. The highest BCUT2D eigenvalue weighted by molar-refractivity contribution is 7.99. The van der Waals surface area contributed by atoms with Crippen molar-refractivity contribution in [2.24, 2.45) is 0 Å². The maximum absolute atomic E-state index is 13.2. The van der Waals surface area contributed by atoms with E-state index in [0.717, 1.165) is 6.42 Å². The molecule has 3 fully saturated rings. The van der Waals surface area contributed by atoms with Crippen LogP contribution in [0, 0.1) is 0 Å². The molecule has 166 valence electrons. The normalized spacial score (nSPS) is 26.3. The number of carbonyl (C=O) groups excluding carboxylic acids is 4. The predicted molar refractivity (Wildman–Crippen MR) is 112 cm³/mol. The summed E-state index contributed by atoms with van der Waals surface area (Å²) < 4.78 is 0. The van der Waals surface area contributed by atoms with Crippen molar-refractivity contribution in [3.63, 3.8) is 0 Å². The largest absolute Gasteiger partial charge is 0.354 e. The molecule has 1 aromatic heterocycles. The van der Waals surface area contributed by atoms with Crippen LogP contribution in [0.25, 0.3) is 0 Å². The van der Waals surface area contributed by atoms with Gasteiger partial charge in [0.1, 0.15) is 17.8 Å². The van der Waals surface area contributed by atoms with Crippen molar-refractivity contribution in [3.8, 4) is 0 Å². The van der Waals surface area contributed by atoms with Gasteiger partial charge < -0.3 is 20.4 Å². The Morgan fingerprint density at radius 3 is 2.81 bits per heavy atom. The molecule has 4 rings (SSSR count). The molecule has 12 heteroatoms. The van der Waals surface area contributed by atoms with Crippen LogP contribution in [-0.4, -0.2) is 99.3 Å². The zero-order valence-electron chi connectivity index (χ0n) is 17.0. The fourth-order valence-electron chi connectivity index (χ4n) is 3.96. The second-order valence-corrected chi connectivity index (χ2v) is 8.69. The second kappa shape index (κ2) is 9.60. The van der Waals surface area contributed by atoms with Crippen LogP contribution in [0.15, 0.2) is 18.6 Å². The van der Waals surface area contributed by atoms with Gasteiger partial charge in [0, 0.05) is 43.7 Å². The first kappa shape index (κ1) is 21.5. The van der Waals surface area contributed by atoms with Crippen molar-refractivity contribution >= 4 is 35.4 Å². The van der Waals surface area contributed by atoms with Crippen LogP contribution in [0.4, 0.5) is 0 Å². The highest BCUT2D eigenvalue weighted by atomic mass is 32.2. The minimum Gasteiger partial charge on any atom is -0.354 e. The van der Waals surface area contributed by atoms with Gasteiger partial charge in [0.15, 0.2) is 0 Å². The number of piperidine rings is 1. The molecule has 0 bridgehead atoms. The molecular formula is C19H25N7O4S. The van der Waals surface area contributed by atoms with Gasteiger partial charge in [-0.15, -0.1) is 11.8 Å². The van der Waals surface area contributed by atoms with Crippen LogP contribution in [0.1, 0.15) is 23.3 Å². The second-order valence-electron chi connectivity index (χ2n) is 7.66. The summed E-state index contributed by atoms with van der Waals surface area (Å²) in [5.41, 5.74) is 0.129. The molecule has 3 aliphatic rings. The highest BCUT2D eigenvalue weighted by Gasteiger charge is 2.40. The van der Waals surface area contributed by atoms with E-state index in [-0.39, 0.29) is 36.6 Å². The third-order valence-corrected chi connectivity index (χ3v) is 6.59. The monoisotopic (exact) mass is 447 g/mol. The molecule has 1 aromatic rings. The fraction of sp³-hybridized carbons (Fsp3) is 0.579. The quantitative estimate of drug-likeness (QED) is 0.491. The van der Waals surface area contributed by atoms with E-state index < -0.39 is 23.9 Å². The number of rotatable bonds is 4. The van der Waals surface area contributed by atoms with Crippen molar-refractivity contribution in [3.05, 3.63) is 24.3 Å². The van der Waals surface area contributed by atoms with Crippen molar-refractivity contribution in [1.82, 2.24) is 35.7 Å². The minimum absolute atomic E-state index is 0.0633. The van der Waals surface area contributed by atoms with Crippen LogP contribution < -0.4 is 16.0 Å². The summed E-state index contributed by atoms with van der Waals surface area (Å²) in [7, 11) is 0. The molecule has 0 saturated carbocycles. The van der Waals surface area contributed by atoms with E-state index in [1.165, 1.54) is 23.5 Å². The predicted octanol–water partition coefficient (Wildman–Crippen LogP) is -1.81. The molecule has 3 unspecified atom stereocenters. The lowest BCUT2D eigenvalue weighted by Gasteiger charge is -2.41. The van der Waals surface area contributed by atoms with E-state index in [9.17, 15) is 19.2 Å². The van der Waals surface area contributed by atoms with Crippen LogP contribution >= 0.6 is 11.8 Å². The van der Waals surface area contributed by atoms with Gasteiger partial charge in [0.25, 0.3) is 5.91 Å². The fourth-order valence-corrected chi connectivity index (χ4v) is 4.89. The number of hydrogen-bond donors (Lipinski definition) is 3. The SMILES string of the molecule is O=C1NCCCC1NC(=O)C1CN(C(=O)C2CSCN2)CCN1C(=O)c1cnccn1. The first-order chi connectivity index (χ1) is 15.0. The molecule has 11 nitrogen and oxygen atoms in total. The zero-order chi connectivity index (χ0) is 21.8. The summed E-state index contributed by atoms with van der Waals surface area (Å²) in [6, 6.07) is -1.86. The third-order valence-electron chi connectivity index (χ3n) is 5.65. The minimum atomic E-state index is -0.920. The van der Waals surface area contributed by atoms with Gasteiger partial charge in [-0.05, 0) is 12.8 Å². The smallest absolute Gasteiger partial charge is 0.274 e. The Hall–Kier alpha value is -2.73. The lowest BCUT2D eigenvalue weighted by Crippen LogP contribution is -2.64. The molecule has 31 heavy (non-hydrogen) atoms. The number of hydrogen-bond acceptors (Lipinski definition) is 8. The Bertz CT molecular complexity index is 849. The number of nitrogens with one attached hydrogen (secondary N) is 3. The molecule has 3 N–H and O–H groups in total. The highest BCUT2D eigenvalue weighted by Crippen LogP contribution is 2.18. The topological polar surface area (TPSA) is 137 Å².